The Morgan fingerprint density at radius 2 is 1.91 bits per heavy atom. The van der Waals surface area contributed by atoms with Crippen molar-refractivity contribution in [2.24, 2.45) is 0 Å². The summed E-state index contributed by atoms with van der Waals surface area (Å²) in [5, 5.41) is 8.41. The van der Waals surface area contributed by atoms with Gasteiger partial charge in [-0.25, -0.2) is 4.98 Å². The third-order valence-corrected chi connectivity index (χ3v) is 7.14. The lowest BCUT2D eigenvalue weighted by molar-refractivity contribution is -0.109. The van der Waals surface area contributed by atoms with E-state index in [-0.39, 0.29) is 0 Å². The van der Waals surface area contributed by atoms with E-state index in [0.29, 0.717) is 11.8 Å². The molecule has 1 atom stereocenters. The Bertz CT molecular complexity index is 1160. The summed E-state index contributed by atoms with van der Waals surface area (Å²) in [6.45, 7) is 9.22. The van der Waals surface area contributed by atoms with Crippen LogP contribution in [0.2, 0.25) is 0 Å². The third-order valence-electron chi connectivity index (χ3n) is 7.14. The lowest BCUT2D eigenvalue weighted by Gasteiger charge is -2.27. The number of hydrogen-bond acceptors (Lipinski definition) is 7. The Morgan fingerprint density at radius 1 is 1.09 bits per heavy atom. The number of nitrogens with zero attached hydrogens (tertiary/aromatic N) is 6. The molecule has 2 fully saturated rings. The van der Waals surface area contributed by atoms with Crippen molar-refractivity contribution in [1.29, 1.82) is 0 Å². The number of nitrogens with one attached hydrogen (secondary N) is 1. The van der Waals surface area contributed by atoms with Crippen LogP contribution in [-0.4, -0.2) is 84.0 Å². The Labute approximate surface area is 200 Å². The van der Waals surface area contributed by atoms with E-state index in [1.807, 2.05) is 19.3 Å². The summed E-state index contributed by atoms with van der Waals surface area (Å²) in [5.74, 6) is 0.981. The van der Waals surface area contributed by atoms with Crippen molar-refractivity contribution in [2.45, 2.75) is 31.7 Å². The van der Waals surface area contributed by atoms with Crippen LogP contribution >= 0.6 is 0 Å². The van der Waals surface area contributed by atoms with Crippen LogP contribution in [0.15, 0.2) is 30.6 Å². The first kappa shape index (κ1) is 22.7. The first-order valence-corrected chi connectivity index (χ1v) is 12.1. The van der Waals surface area contributed by atoms with Gasteiger partial charge in [0, 0.05) is 73.2 Å². The van der Waals surface area contributed by atoms with Crippen molar-refractivity contribution < 1.29 is 9.53 Å². The van der Waals surface area contributed by atoms with E-state index in [4.69, 9.17) is 14.8 Å². The normalized spacial score (nSPS) is 22.0. The molecule has 6 heterocycles. The Balaban J connectivity index is 0.000000439. The minimum absolute atomic E-state index is 0.291. The predicted octanol–water partition coefficient (Wildman–Crippen LogP) is 2.06. The van der Waals surface area contributed by atoms with Gasteiger partial charge in [-0.05, 0) is 45.5 Å². The zero-order valence-corrected chi connectivity index (χ0v) is 20.0. The van der Waals surface area contributed by atoms with Crippen LogP contribution in [0.5, 0.6) is 0 Å². The Kier molecular flexibility index (Phi) is 6.47. The van der Waals surface area contributed by atoms with Gasteiger partial charge >= 0.3 is 0 Å². The van der Waals surface area contributed by atoms with E-state index >= 15 is 0 Å². The molecule has 1 amide bonds. The van der Waals surface area contributed by atoms with Crippen LogP contribution in [0.4, 0.5) is 5.82 Å². The molecule has 9 nitrogen and oxygen atoms in total. The summed E-state index contributed by atoms with van der Waals surface area (Å²) in [6, 6.07) is 6.55. The maximum atomic E-state index is 9.29. The van der Waals surface area contributed by atoms with Crippen molar-refractivity contribution in [2.75, 3.05) is 57.9 Å². The molecule has 3 aromatic heterocycles. The van der Waals surface area contributed by atoms with Crippen LogP contribution in [-0.2, 0) is 21.5 Å². The molecule has 3 aliphatic heterocycles. The summed E-state index contributed by atoms with van der Waals surface area (Å²) in [5.41, 5.74) is 4.77. The van der Waals surface area contributed by atoms with Crippen LogP contribution in [0.3, 0.4) is 0 Å². The van der Waals surface area contributed by atoms with Crippen molar-refractivity contribution in [3.05, 3.63) is 36.3 Å². The lowest BCUT2D eigenvalue weighted by Crippen LogP contribution is -2.36. The number of likely N-dealkylation sites (N-methyl/N-ethyl adjacent to an activating group) is 1. The van der Waals surface area contributed by atoms with E-state index in [2.05, 4.69) is 50.0 Å². The number of amides is 1. The highest BCUT2D eigenvalue weighted by Gasteiger charge is 2.44. The fourth-order valence-corrected chi connectivity index (χ4v) is 5.30. The molecule has 6 rings (SSSR count). The monoisotopic (exact) mass is 463 g/mol. The number of likely N-dealkylation sites (tertiary alicyclic amines) is 1. The number of ether oxygens (including phenoxy) is 1. The lowest BCUT2D eigenvalue weighted by atomic mass is 9.82. The van der Waals surface area contributed by atoms with Gasteiger partial charge in [-0.1, -0.05) is 0 Å². The van der Waals surface area contributed by atoms with Gasteiger partial charge in [0.2, 0.25) is 6.41 Å². The molecular weight excluding hydrogens is 430 g/mol. The molecule has 1 spiro atoms. The van der Waals surface area contributed by atoms with E-state index in [1.165, 1.54) is 25.1 Å². The van der Waals surface area contributed by atoms with Gasteiger partial charge in [0.1, 0.15) is 5.82 Å². The smallest absolute Gasteiger partial charge is 0.207 e. The van der Waals surface area contributed by atoms with Crippen molar-refractivity contribution in [1.82, 2.24) is 30.0 Å². The van der Waals surface area contributed by atoms with Gasteiger partial charge in [0.15, 0.2) is 0 Å². The van der Waals surface area contributed by atoms with Crippen molar-refractivity contribution in [3.63, 3.8) is 0 Å². The summed E-state index contributed by atoms with van der Waals surface area (Å²) in [6.07, 6.45) is 7.02. The maximum absolute atomic E-state index is 9.29. The van der Waals surface area contributed by atoms with E-state index in [0.717, 1.165) is 73.9 Å². The number of pyridine rings is 2. The van der Waals surface area contributed by atoms with Gasteiger partial charge in [0.05, 0.1) is 24.4 Å². The van der Waals surface area contributed by atoms with Crippen LogP contribution in [0, 0.1) is 0 Å². The van der Waals surface area contributed by atoms with Gasteiger partial charge < -0.3 is 19.9 Å². The number of aromatic nitrogens is 4. The highest BCUT2D eigenvalue weighted by molar-refractivity contribution is 5.84. The van der Waals surface area contributed by atoms with Crippen LogP contribution in [0.1, 0.15) is 25.5 Å². The Hall–Kier alpha value is -3.04. The highest BCUT2D eigenvalue weighted by Crippen LogP contribution is 2.43. The first-order chi connectivity index (χ1) is 16.6. The molecule has 180 valence electrons. The molecule has 0 saturated carbocycles. The fourth-order valence-electron chi connectivity index (χ4n) is 5.30. The van der Waals surface area contributed by atoms with Gasteiger partial charge in [-0.2, -0.15) is 5.10 Å². The number of rotatable bonds is 4. The largest absolute Gasteiger partial charge is 0.378 e. The number of hydrogen-bond donors (Lipinski definition) is 1. The van der Waals surface area contributed by atoms with Gasteiger partial charge in [0.25, 0.3) is 0 Å². The minimum atomic E-state index is 0.291. The molecule has 3 aromatic rings. The average Bonchev–Trinajstić information content (AvgIpc) is 3.56. The summed E-state index contributed by atoms with van der Waals surface area (Å²) >= 11 is 0. The number of morpholine rings is 1. The molecule has 9 heteroatoms. The second-order valence-corrected chi connectivity index (χ2v) is 9.39. The quantitative estimate of drug-likeness (QED) is 0.593. The summed E-state index contributed by atoms with van der Waals surface area (Å²) in [7, 11) is 2.22. The molecule has 0 bridgehead atoms. The molecule has 1 N–H and O–H groups in total. The molecule has 0 radical (unpaired) electrons. The number of carbonyl (C=O) groups excluding carboxylic acids is 1. The second-order valence-electron chi connectivity index (χ2n) is 9.39. The highest BCUT2D eigenvalue weighted by atomic mass is 16.5. The average molecular weight is 464 g/mol. The molecule has 1 unspecified atom stereocenters. The number of carbonyl (C=O) groups is 1. The molecule has 0 aliphatic carbocycles. The first-order valence-electron chi connectivity index (χ1n) is 12.1. The van der Waals surface area contributed by atoms with E-state index < -0.39 is 0 Å². The van der Waals surface area contributed by atoms with E-state index in [1.54, 1.807) is 0 Å². The summed E-state index contributed by atoms with van der Waals surface area (Å²) < 4.78 is 7.66. The standard InChI is InChI=1S/C22H26N6O.C3H7NO/c1-26-4-2-22(15-26)3-5-28-20(22)11-19(25-28)17-10-16-14-24-21(12-18(16)23-13-17)27-6-8-29-9-7-27;1-2-4-3-5/h10-14H,2-9,15H2,1H3;3H,2H2,1H3,(H,4,5). The predicted molar refractivity (Wildman–Crippen MR) is 132 cm³/mol. The van der Waals surface area contributed by atoms with E-state index in [9.17, 15) is 4.79 Å². The zero-order chi connectivity index (χ0) is 23.5. The molecule has 0 aromatic carbocycles. The maximum Gasteiger partial charge on any atom is 0.207 e. The van der Waals surface area contributed by atoms with Crippen LogP contribution in [0.25, 0.3) is 22.2 Å². The van der Waals surface area contributed by atoms with Crippen molar-refractivity contribution in [3.8, 4) is 11.3 Å². The second kappa shape index (κ2) is 9.68. The molecule has 2 saturated heterocycles. The van der Waals surface area contributed by atoms with Gasteiger partial charge in [-0.3, -0.25) is 14.5 Å². The zero-order valence-electron chi connectivity index (χ0n) is 20.0. The number of fused-ring (bicyclic) bond motifs is 3. The third kappa shape index (κ3) is 4.37. The molecule has 3 aliphatic rings. The number of aryl methyl sites for hydroxylation is 1. The van der Waals surface area contributed by atoms with Crippen LogP contribution < -0.4 is 10.2 Å². The van der Waals surface area contributed by atoms with Gasteiger partial charge in [-0.15, -0.1) is 0 Å². The summed E-state index contributed by atoms with van der Waals surface area (Å²) in [4.78, 5) is 23.4. The fraction of sp³-hybridized carbons (Fsp3) is 0.520. The molecule has 34 heavy (non-hydrogen) atoms. The topological polar surface area (TPSA) is 88.4 Å². The molecular formula is C25H33N7O2. The Morgan fingerprint density at radius 3 is 2.62 bits per heavy atom. The van der Waals surface area contributed by atoms with Crippen molar-refractivity contribution >= 4 is 23.1 Å². The SMILES string of the molecule is CCNC=O.CN1CCC2(CCn3nc(-c4cnc5cc(N6CCOCC6)ncc5c4)cc32)C1. The number of anilines is 1. The minimum Gasteiger partial charge on any atom is -0.378 e.